The van der Waals surface area contributed by atoms with Gasteiger partial charge in [0.25, 0.3) is 0 Å². The first-order valence-corrected chi connectivity index (χ1v) is 7.37. The van der Waals surface area contributed by atoms with Crippen LogP contribution in [0.3, 0.4) is 0 Å². The highest BCUT2D eigenvalue weighted by molar-refractivity contribution is 7.99. The van der Waals surface area contributed by atoms with Crippen molar-refractivity contribution in [3.05, 3.63) is 28.8 Å². The third-order valence-electron chi connectivity index (χ3n) is 2.31. The summed E-state index contributed by atoms with van der Waals surface area (Å²) in [6.07, 6.45) is 1.95. The highest BCUT2D eigenvalue weighted by Crippen LogP contribution is 2.28. The Kier molecular flexibility index (Phi) is 7.69. The molecule has 0 amide bonds. The van der Waals surface area contributed by atoms with E-state index in [9.17, 15) is 0 Å². The predicted molar refractivity (Wildman–Crippen MR) is 75.9 cm³/mol. The van der Waals surface area contributed by atoms with Crippen LogP contribution in [0.2, 0.25) is 5.02 Å². The molecule has 96 valence electrons. The maximum absolute atomic E-state index is 8.72. The van der Waals surface area contributed by atoms with E-state index in [2.05, 4.69) is 24.4 Å². The third kappa shape index (κ3) is 5.77. The van der Waals surface area contributed by atoms with Crippen LogP contribution < -0.4 is 5.32 Å². The van der Waals surface area contributed by atoms with Gasteiger partial charge in [-0.2, -0.15) is 0 Å². The van der Waals surface area contributed by atoms with Crippen molar-refractivity contribution in [1.82, 2.24) is 5.32 Å². The van der Waals surface area contributed by atoms with Crippen molar-refractivity contribution in [1.29, 1.82) is 0 Å². The number of hydrogen-bond acceptors (Lipinski definition) is 3. The van der Waals surface area contributed by atoms with Crippen molar-refractivity contribution >= 4 is 23.4 Å². The van der Waals surface area contributed by atoms with Crippen molar-refractivity contribution in [3.63, 3.8) is 0 Å². The van der Waals surface area contributed by atoms with Crippen LogP contribution in [0.5, 0.6) is 0 Å². The van der Waals surface area contributed by atoms with Crippen molar-refractivity contribution in [2.75, 3.05) is 18.9 Å². The molecule has 1 aromatic rings. The van der Waals surface area contributed by atoms with Gasteiger partial charge in [-0.25, -0.2) is 0 Å². The molecule has 0 saturated heterocycles. The molecular weight excluding hydrogens is 254 g/mol. The van der Waals surface area contributed by atoms with E-state index in [0.29, 0.717) is 0 Å². The Morgan fingerprint density at radius 1 is 1.41 bits per heavy atom. The van der Waals surface area contributed by atoms with Crippen LogP contribution in [0.15, 0.2) is 23.1 Å². The summed E-state index contributed by atoms with van der Waals surface area (Å²) in [5, 5.41) is 12.9. The van der Waals surface area contributed by atoms with Gasteiger partial charge in [-0.15, -0.1) is 11.8 Å². The van der Waals surface area contributed by atoms with E-state index < -0.39 is 0 Å². The van der Waals surface area contributed by atoms with Gasteiger partial charge in [0.1, 0.15) is 0 Å². The molecule has 1 aromatic carbocycles. The van der Waals surface area contributed by atoms with Gasteiger partial charge >= 0.3 is 0 Å². The Hall–Kier alpha value is -0.220. The largest absolute Gasteiger partial charge is 0.396 e. The summed E-state index contributed by atoms with van der Waals surface area (Å²) in [4.78, 5) is 1.10. The molecule has 2 N–H and O–H groups in total. The fourth-order valence-electron chi connectivity index (χ4n) is 1.43. The summed E-state index contributed by atoms with van der Waals surface area (Å²) in [6.45, 7) is 4.30. The number of nitrogens with one attached hydrogen (secondary N) is 1. The summed E-state index contributed by atoms with van der Waals surface area (Å²) in [7, 11) is 0. The molecule has 0 bridgehead atoms. The third-order valence-corrected chi connectivity index (χ3v) is 3.90. The SMILES string of the molecule is CCCNCc1ccc(SCCCO)c(Cl)c1. The monoisotopic (exact) mass is 273 g/mol. The van der Waals surface area contributed by atoms with E-state index in [1.807, 2.05) is 6.07 Å². The lowest BCUT2D eigenvalue weighted by molar-refractivity contribution is 0.296. The fourth-order valence-corrected chi connectivity index (χ4v) is 2.65. The number of rotatable bonds is 8. The van der Waals surface area contributed by atoms with Gasteiger partial charge in [0, 0.05) is 23.8 Å². The molecule has 0 heterocycles. The molecule has 0 unspecified atom stereocenters. The average molecular weight is 274 g/mol. The quantitative estimate of drug-likeness (QED) is 0.563. The van der Waals surface area contributed by atoms with Gasteiger partial charge in [0.15, 0.2) is 0 Å². The zero-order chi connectivity index (χ0) is 12.5. The minimum Gasteiger partial charge on any atom is -0.396 e. The zero-order valence-electron chi connectivity index (χ0n) is 10.2. The molecule has 17 heavy (non-hydrogen) atoms. The second-order valence-corrected chi connectivity index (χ2v) is 5.41. The Morgan fingerprint density at radius 2 is 2.24 bits per heavy atom. The molecule has 0 fully saturated rings. The first kappa shape index (κ1) is 14.8. The van der Waals surface area contributed by atoms with Crippen molar-refractivity contribution < 1.29 is 5.11 Å². The van der Waals surface area contributed by atoms with E-state index in [4.69, 9.17) is 16.7 Å². The maximum Gasteiger partial charge on any atom is 0.0545 e. The van der Waals surface area contributed by atoms with E-state index in [-0.39, 0.29) is 6.61 Å². The molecule has 0 radical (unpaired) electrons. The Balaban J connectivity index is 2.47. The number of benzene rings is 1. The maximum atomic E-state index is 8.72. The number of hydrogen-bond donors (Lipinski definition) is 2. The smallest absolute Gasteiger partial charge is 0.0545 e. The number of halogens is 1. The molecule has 0 spiro atoms. The fraction of sp³-hybridized carbons (Fsp3) is 0.538. The predicted octanol–water partition coefficient (Wildman–Crippen LogP) is 3.31. The van der Waals surface area contributed by atoms with Gasteiger partial charge < -0.3 is 10.4 Å². The summed E-state index contributed by atoms with van der Waals surface area (Å²) in [5.41, 5.74) is 1.22. The van der Waals surface area contributed by atoms with Crippen LogP contribution in [-0.4, -0.2) is 24.0 Å². The lowest BCUT2D eigenvalue weighted by atomic mass is 10.2. The minimum atomic E-state index is 0.240. The van der Waals surface area contributed by atoms with Crippen LogP contribution in [0, 0.1) is 0 Å². The summed E-state index contributed by atoms with van der Waals surface area (Å²) >= 11 is 7.91. The average Bonchev–Trinajstić information content (AvgIpc) is 2.32. The summed E-state index contributed by atoms with van der Waals surface area (Å²) in [5.74, 6) is 0.906. The van der Waals surface area contributed by atoms with E-state index in [1.54, 1.807) is 11.8 Å². The zero-order valence-corrected chi connectivity index (χ0v) is 11.8. The molecular formula is C13H20ClNOS. The Morgan fingerprint density at radius 3 is 2.88 bits per heavy atom. The first-order chi connectivity index (χ1) is 8.27. The molecule has 0 aromatic heterocycles. The molecule has 0 aliphatic heterocycles. The molecule has 0 atom stereocenters. The van der Waals surface area contributed by atoms with Crippen LogP contribution in [-0.2, 0) is 6.54 Å². The van der Waals surface area contributed by atoms with Crippen LogP contribution in [0.1, 0.15) is 25.3 Å². The van der Waals surface area contributed by atoms with Gasteiger partial charge in [-0.05, 0) is 37.1 Å². The molecule has 1 rings (SSSR count). The van der Waals surface area contributed by atoms with E-state index >= 15 is 0 Å². The van der Waals surface area contributed by atoms with Crippen molar-refractivity contribution in [2.24, 2.45) is 0 Å². The van der Waals surface area contributed by atoms with Gasteiger partial charge in [0.2, 0.25) is 0 Å². The topological polar surface area (TPSA) is 32.3 Å². The minimum absolute atomic E-state index is 0.240. The van der Waals surface area contributed by atoms with Crippen LogP contribution >= 0.6 is 23.4 Å². The van der Waals surface area contributed by atoms with Crippen molar-refractivity contribution in [3.8, 4) is 0 Å². The lowest BCUT2D eigenvalue weighted by Crippen LogP contribution is -2.13. The lowest BCUT2D eigenvalue weighted by Gasteiger charge is -2.07. The highest BCUT2D eigenvalue weighted by Gasteiger charge is 2.02. The van der Waals surface area contributed by atoms with Crippen molar-refractivity contribution in [2.45, 2.75) is 31.2 Å². The number of thioether (sulfide) groups is 1. The second-order valence-electron chi connectivity index (χ2n) is 3.87. The van der Waals surface area contributed by atoms with E-state index in [1.165, 1.54) is 5.56 Å². The molecule has 4 heteroatoms. The first-order valence-electron chi connectivity index (χ1n) is 6.00. The van der Waals surface area contributed by atoms with Gasteiger partial charge in [0.05, 0.1) is 5.02 Å². The molecule has 0 aliphatic rings. The van der Waals surface area contributed by atoms with Crippen LogP contribution in [0.25, 0.3) is 0 Å². The molecule has 0 aliphatic carbocycles. The second kappa shape index (κ2) is 8.81. The van der Waals surface area contributed by atoms with E-state index in [0.717, 1.165) is 41.6 Å². The number of aliphatic hydroxyl groups is 1. The Bertz CT molecular complexity index is 333. The standard InChI is InChI=1S/C13H20ClNOS/c1-2-6-15-10-11-4-5-13(12(14)9-11)17-8-3-7-16/h4-5,9,15-16H,2-3,6-8,10H2,1H3. The molecule has 0 saturated carbocycles. The van der Waals surface area contributed by atoms with Gasteiger partial charge in [-0.3, -0.25) is 0 Å². The summed E-state index contributed by atoms with van der Waals surface area (Å²) < 4.78 is 0. The van der Waals surface area contributed by atoms with Gasteiger partial charge in [-0.1, -0.05) is 24.6 Å². The molecule has 2 nitrogen and oxygen atoms in total. The highest BCUT2D eigenvalue weighted by atomic mass is 35.5. The summed E-state index contributed by atoms with van der Waals surface area (Å²) in [6, 6.07) is 6.19. The number of aliphatic hydroxyl groups excluding tert-OH is 1. The van der Waals surface area contributed by atoms with Crippen LogP contribution in [0.4, 0.5) is 0 Å². The Labute approximate surface area is 113 Å². The normalized spacial score (nSPS) is 10.8.